The van der Waals surface area contributed by atoms with Crippen LogP contribution in [0.3, 0.4) is 0 Å². The Morgan fingerprint density at radius 3 is 2.71 bits per heavy atom. The van der Waals surface area contributed by atoms with Gasteiger partial charge in [-0.3, -0.25) is 14.3 Å². The van der Waals surface area contributed by atoms with Gasteiger partial charge in [0.15, 0.2) is 11.6 Å². The minimum atomic E-state index is -0.686. The lowest BCUT2D eigenvalue weighted by molar-refractivity contribution is 0.0482. The molecule has 4 aromatic rings. The van der Waals surface area contributed by atoms with E-state index in [0.717, 1.165) is 10.9 Å². The Morgan fingerprint density at radius 2 is 1.96 bits per heavy atom. The van der Waals surface area contributed by atoms with Crippen LogP contribution in [0.25, 0.3) is 28.0 Å². The van der Waals surface area contributed by atoms with E-state index in [1.165, 1.54) is 4.57 Å². The summed E-state index contributed by atoms with van der Waals surface area (Å²) in [6.45, 7) is 3.85. The number of carbonyl (C=O) groups is 1. The van der Waals surface area contributed by atoms with Crippen molar-refractivity contribution in [3.8, 4) is 17.1 Å². The zero-order valence-electron chi connectivity index (χ0n) is 15.4. The van der Waals surface area contributed by atoms with Crippen molar-refractivity contribution in [1.82, 2.24) is 14.5 Å². The summed E-state index contributed by atoms with van der Waals surface area (Å²) >= 11 is 0. The Labute approximate surface area is 160 Å². The van der Waals surface area contributed by atoms with E-state index in [1.807, 2.05) is 37.3 Å². The number of oxazole rings is 1. The van der Waals surface area contributed by atoms with Gasteiger partial charge in [-0.15, -0.1) is 0 Å². The van der Waals surface area contributed by atoms with Crippen LogP contribution in [-0.2, 0) is 4.74 Å². The zero-order chi connectivity index (χ0) is 19.7. The number of aromatic nitrogens is 3. The van der Waals surface area contributed by atoms with Crippen LogP contribution in [0.15, 0.2) is 64.1 Å². The van der Waals surface area contributed by atoms with Crippen molar-refractivity contribution in [3.63, 3.8) is 0 Å². The van der Waals surface area contributed by atoms with E-state index >= 15 is 0 Å². The lowest BCUT2D eigenvalue weighted by Crippen LogP contribution is -2.19. The van der Waals surface area contributed by atoms with Crippen molar-refractivity contribution < 1.29 is 13.9 Å². The first-order valence-electron chi connectivity index (χ1n) is 8.80. The highest BCUT2D eigenvalue weighted by Gasteiger charge is 2.23. The minimum Gasteiger partial charge on any atom is -0.459 e. The first kappa shape index (κ1) is 17.7. The maximum atomic E-state index is 13.0. The summed E-state index contributed by atoms with van der Waals surface area (Å²) < 4.78 is 12.0. The smallest absolute Gasteiger partial charge is 0.394 e. The number of hydrogen-bond donors (Lipinski definition) is 0. The second kappa shape index (κ2) is 7.11. The molecular weight excluding hydrogens is 358 g/mol. The summed E-state index contributed by atoms with van der Waals surface area (Å²) in [5, 5.41) is 0.717. The lowest BCUT2D eigenvalue weighted by atomic mass is 10.1. The number of nitrogens with zero attached hydrogens (tertiary/aromatic N) is 3. The van der Waals surface area contributed by atoms with Gasteiger partial charge in [0.1, 0.15) is 5.52 Å². The van der Waals surface area contributed by atoms with Gasteiger partial charge >= 0.3 is 11.9 Å². The van der Waals surface area contributed by atoms with Crippen LogP contribution in [0.1, 0.15) is 23.2 Å². The molecule has 7 heteroatoms. The normalized spacial score (nSPS) is 10.9. The molecule has 0 fully saturated rings. The van der Waals surface area contributed by atoms with Crippen molar-refractivity contribution in [2.75, 3.05) is 6.61 Å². The molecule has 0 saturated carbocycles. The van der Waals surface area contributed by atoms with E-state index < -0.39 is 5.97 Å². The molecule has 0 unspecified atom stereocenters. The van der Waals surface area contributed by atoms with Crippen LogP contribution in [0, 0.1) is 6.92 Å². The molecule has 0 aliphatic rings. The van der Waals surface area contributed by atoms with Crippen LogP contribution in [0.5, 0.6) is 0 Å². The molecule has 28 heavy (non-hydrogen) atoms. The second-order valence-corrected chi connectivity index (χ2v) is 6.19. The van der Waals surface area contributed by atoms with Crippen LogP contribution in [0.4, 0.5) is 0 Å². The second-order valence-electron chi connectivity index (χ2n) is 6.19. The monoisotopic (exact) mass is 375 g/mol. The van der Waals surface area contributed by atoms with Crippen molar-refractivity contribution in [2.24, 2.45) is 0 Å². The zero-order valence-corrected chi connectivity index (χ0v) is 15.4. The third kappa shape index (κ3) is 3.07. The van der Waals surface area contributed by atoms with Crippen molar-refractivity contribution in [2.45, 2.75) is 13.8 Å². The Hall–Kier alpha value is -3.74. The van der Waals surface area contributed by atoms with Gasteiger partial charge in [-0.25, -0.2) is 4.79 Å². The van der Waals surface area contributed by atoms with Gasteiger partial charge in [-0.2, -0.15) is 4.98 Å². The third-order valence-electron chi connectivity index (χ3n) is 4.26. The van der Waals surface area contributed by atoms with Gasteiger partial charge in [0.2, 0.25) is 0 Å². The molecular formula is C21H17N3O4. The number of carbonyl (C=O) groups excluding carboxylic acids is 1. The average molecular weight is 375 g/mol. The summed E-state index contributed by atoms with van der Waals surface area (Å²) in [5.74, 6) is -0.376. The number of esters is 1. The fourth-order valence-corrected chi connectivity index (χ4v) is 2.88. The number of pyridine rings is 2. The summed E-state index contributed by atoms with van der Waals surface area (Å²) in [5.41, 5.74) is 1.72. The first-order chi connectivity index (χ1) is 13.6. The number of aryl methyl sites for hydroxylation is 1. The molecule has 0 saturated heterocycles. The molecule has 7 nitrogen and oxygen atoms in total. The number of rotatable bonds is 4. The Balaban J connectivity index is 1.95. The van der Waals surface area contributed by atoms with E-state index in [1.54, 1.807) is 31.5 Å². The van der Waals surface area contributed by atoms with E-state index in [9.17, 15) is 9.59 Å². The van der Waals surface area contributed by atoms with Gasteiger partial charge in [0.05, 0.1) is 6.61 Å². The maximum Gasteiger partial charge on any atom is 0.394 e. The highest BCUT2D eigenvalue weighted by molar-refractivity contribution is 5.86. The van der Waals surface area contributed by atoms with E-state index in [0.29, 0.717) is 16.8 Å². The Kier molecular flexibility index (Phi) is 4.49. The summed E-state index contributed by atoms with van der Waals surface area (Å²) in [7, 11) is 0. The van der Waals surface area contributed by atoms with Crippen LogP contribution in [0.2, 0.25) is 0 Å². The summed E-state index contributed by atoms with van der Waals surface area (Å²) in [6, 6.07) is 12.9. The molecule has 0 N–H and O–H groups in total. The minimum absolute atomic E-state index is 0.191. The summed E-state index contributed by atoms with van der Waals surface area (Å²) in [6.07, 6.45) is 3.15. The predicted molar refractivity (Wildman–Crippen MR) is 104 cm³/mol. The van der Waals surface area contributed by atoms with Crippen LogP contribution < -0.4 is 5.56 Å². The fraction of sp³-hybridized carbons (Fsp3) is 0.143. The van der Waals surface area contributed by atoms with Crippen LogP contribution in [-0.4, -0.2) is 27.1 Å². The van der Waals surface area contributed by atoms with E-state index in [4.69, 9.17) is 9.15 Å². The Morgan fingerprint density at radius 1 is 1.18 bits per heavy atom. The number of hydrogen-bond acceptors (Lipinski definition) is 6. The molecule has 0 bridgehead atoms. The first-order valence-corrected chi connectivity index (χ1v) is 8.80. The predicted octanol–water partition coefficient (Wildman–Crippen LogP) is 3.53. The molecule has 0 spiro atoms. The van der Waals surface area contributed by atoms with Crippen LogP contribution >= 0.6 is 0 Å². The van der Waals surface area contributed by atoms with E-state index in [2.05, 4.69) is 9.97 Å². The van der Waals surface area contributed by atoms with Crippen molar-refractivity contribution >= 4 is 16.9 Å². The number of ether oxygens (including phenoxy) is 1. The van der Waals surface area contributed by atoms with Gasteiger partial charge < -0.3 is 9.15 Å². The molecule has 0 atom stereocenters. The quantitative estimate of drug-likeness (QED) is 0.507. The largest absolute Gasteiger partial charge is 0.459 e. The molecule has 3 aromatic heterocycles. The molecule has 0 amide bonds. The van der Waals surface area contributed by atoms with Gasteiger partial charge in [-0.05, 0) is 26.0 Å². The highest BCUT2D eigenvalue weighted by atomic mass is 16.5. The van der Waals surface area contributed by atoms with Crippen molar-refractivity contribution in [3.05, 3.63) is 76.7 Å². The molecule has 1 aromatic carbocycles. The van der Waals surface area contributed by atoms with Gasteiger partial charge in [-0.1, -0.05) is 35.9 Å². The maximum absolute atomic E-state index is 13.0. The summed E-state index contributed by atoms with van der Waals surface area (Å²) in [4.78, 5) is 33.5. The molecule has 0 aliphatic heterocycles. The van der Waals surface area contributed by atoms with Gasteiger partial charge in [0.25, 0.3) is 5.56 Å². The Bertz CT molecular complexity index is 1220. The average Bonchev–Trinajstić information content (AvgIpc) is 3.14. The number of benzene rings is 1. The molecule has 0 radical (unpaired) electrons. The van der Waals surface area contributed by atoms with Gasteiger partial charge in [0, 0.05) is 23.3 Å². The SMILES string of the molecule is CCOC(=O)c1nc(-n2ccc3cccnc3c2=O)c(-c2ccc(C)cc2)o1. The molecule has 3 heterocycles. The number of fused-ring (bicyclic) bond motifs is 1. The lowest BCUT2D eigenvalue weighted by Gasteiger charge is -2.06. The standard InChI is InChI=1S/C21H17N3O4/c1-3-27-21(26)19-23-18(17(28-19)15-8-6-13(2)7-9-15)24-12-10-14-5-4-11-22-16(14)20(24)25/h4-12H,3H2,1-2H3. The topological polar surface area (TPSA) is 87.2 Å². The van der Waals surface area contributed by atoms with E-state index in [-0.39, 0.29) is 23.9 Å². The fourth-order valence-electron chi connectivity index (χ4n) is 2.88. The highest BCUT2D eigenvalue weighted by Crippen LogP contribution is 2.28. The van der Waals surface area contributed by atoms with Crippen molar-refractivity contribution in [1.29, 1.82) is 0 Å². The third-order valence-corrected chi connectivity index (χ3v) is 4.26. The molecule has 4 rings (SSSR count). The molecule has 0 aliphatic carbocycles. The molecule has 140 valence electrons.